The van der Waals surface area contributed by atoms with Crippen molar-refractivity contribution in [2.24, 2.45) is 0 Å². The standard InChI is InChI=1S/C22H25FN4O/c1-28-21-3-2-15(23)10-18(21)17-4-7-25-22-19(17)11-20(26-22)14-5-8-27(9-6-14)16-12-24-13-16/h2-4,7,10-11,14,16,24H,5-6,8-9,12-13H2,1H3,(H,25,26). The molecule has 0 spiro atoms. The average Bonchev–Trinajstić information content (AvgIpc) is 3.11. The molecular weight excluding hydrogens is 355 g/mol. The molecule has 3 aromatic rings. The number of piperidine rings is 1. The van der Waals surface area contributed by atoms with Gasteiger partial charge in [-0.05, 0) is 61.8 Å². The number of hydrogen-bond donors (Lipinski definition) is 2. The molecule has 0 radical (unpaired) electrons. The fraction of sp³-hybridized carbons (Fsp3) is 0.409. The van der Waals surface area contributed by atoms with Crippen molar-refractivity contribution in [3.8, 4) is 16.9 Å². The van der Waals surface area contributed by atoms with Crippen LogP contribution in [0.4, 0.5) is 4.39 Å². The van der Waals surface area contributed by atoms with Crippen LogP contribution in [-0.2, 0) is 0 Å². The van der Waals surface area contributed by atoms with Crippen LogP contribution in [0.3, 0.4) is 0 Å². The molecule has 2 aromatic heterocycles. The van der Waals surface area contributed by atoms with E-state index in [1.54, 1.807) is 19.4 Å². The van der Waals surface area contributed by atoms with Gasteiger partial charge in [0, 0.05) is 47.9 Å². The minimum absolute atomic E-state index is 0.269. The van der Waals surface area contributed by atoms with Crippen molar-refractivity contribution in [3.63, 3.8) is 0 Å². The molecule has 1 aromatic carbocycles. The highest BCUT2D eigenvalue weighted by Gasteiger charge is 2.29. The molecule has 2 fully saturated rings. The van der Waals surface area contributed by atoms with Crippen LogP contribution in [0, 0.1) is 5.82 Å². The number of rotatable bonds is 4. The van der Waals surface area contributed by atoms with E-state index < -0.39 is 0 Å². The van der Waals surface area contributed by atoms with Crippen LogP contribution in [0.5, 0.6) is 5.75 Å². The number of benzene rings is 1. The van der Waals surface area contributed by atoms with Gasteiger partial charge in [0.1, 0.15) is 17.2 Å². The Labute approximate surface area is 163 Å². The number of pyridine rings is 1. The summed E-state index contributed by atoms with van der Waals surface area (Å²) in [6, 6.07) is 9.49. The van der Waals surface area contributed by atoms with Crippen molar-refractivity contribution in [2.45, 2.75) is 24.8 Å². The molecule has 2 saturated heterocycles. The Balaban J connectivity index is 1.46. The van der Waals surface area contributed by atoms with Crippen LogP contribution < -0.4 is 10.1 Å². The normalized spacial score (nSPS) is 19.1. The predicted molar refractivity (Wildman–Crippen MR) is 108 cm³/mol. The quantitative estimate of drug-likeness (QED) is 0.727. The Morgan fingerprint density at radius 3 is 2.64 bits per heavy atom. The molecule has 0 saturated carbocycles. The molecule has 4 heterocycles. The molecule has 0 amide bonds. The second-order valence-electron chi connectivity index (χ2n) is 7.81. The summed E-state index contributed by atoms with van der Waals surface area (Å²) in [5, 5.41) is 4.38. The number of halogens is 1. The highest BCUT2D eigenvalue weighted by Crippen LogP contribution is 2.37. The molecular formula is C22H25FN4O. The van der Waals surface area contributed by atoms with Gasteiger partial charge in [0.25, 0.3) is 0 Å². The van der Waals surface area contributed by atoms with Gasteiger partial charge < -0.3 is 15.0 Å². The van der Waals surface area contributed by atoms with E-state index in [-0.39, 0.29) is 5.82 Å². The second-order valence-corrected chi connectivity index (χ2v) is 7.81. The molecule has 2 aliphatic rings. The molecule has 146 valence electrons. The van der Waals surface area contributed by atoms with E-state index in [9.17, 15) is 4.39 Å². The summed E-state index contributed by atoms with van der Waals surface area (Å²) >= 11 is 0. The number of methoxy groups -OCH3 is 1. The van der Waals surface area contributed by atoms with Crippen LogP contribution in [0.25, 0.3) is 22.2 Å². The van der Waals surface area contributed by atoms with Crippen LogP contribution in [0.2, 0.25) is 0 Å². The monoisotopic (exact) mass is 380 g/mol. The molecule has 0 bridgehead atoms. The first-order valence-electron chi connectivity index (χ1n) is 9.99. The number of H-pyrrole nitrogens is 1. The summed E-state index contributed by atoms with van der Waals surface area (Å²) in [5.41, 5.74) is 3.79. The first-order valence-corrected chi connectivity index (χ1v) is 9.99. The number of likely N-dealkylation sites (tertiary alicyclic amines) is 1. The highest BCUT2D eigenvalue weighted by molar-refractivity contribution is 5.95. The van der Waals surface area contributed by atoms with E-state index in [1.807, 2.05) is 6.07 Å². The van der Waals surface area contributed by atoms with Crippen LogP contribution in [0.1, 0.15) is 24.5 Å². The number of nitrogens with zero attached hydrogens (tertiary/aromatic N) is 2. The Morgan fingerprint density at radius 2 is 1.93 bits per heavy atom. The molecule has 28 heavy (non-hydrogen) atoms. The Morgan fingerprint density at radius 1 is 1.11 bits per heavy atom. The number of aromatic amines is 1. The fourth-order valence-corrected chi connectivity index (χ4v) is 4.50. The van der Waals surface area contributed by atoms with Crippen molar-refractivity contribution in [2.75, 3.05) is 33.3 Å². The summed E-state index contributed by atoms with van der Waals surface area (Å²) < 4.78 is 19.4. The minimum atomic E-state index is -0.269. The van der Waals surface area contributed by atoms with Crippen LogP contribution >= 0.6 is 0 Å². The lowest BCUT2D eigenvalue weighted by Gasteiger charge is -2.42. The van der Waals surface area contributed by atoms with Crippen LogP contribution in [-0.4, -0.2) is 54.2 Å². The summed E-state index contributed by atoms with van der Waals surface area (Å²) in [7, 11) is 1.61. The van der Waals surface area contributed by atoms with Gasteiger partial charge in [0.05, 0.1) is 7.11 Å². The van der Waals surface area contributed by atoms with Crippen molar-refractivity contribution in [1.82, 2.24) is 20.2 Å². The Kier molecular flexibility index (Phi) is 4.53. The third kappa shape index (κ3) is 3.06. The molecule has 0 atom stereocenters. The zero-order valence-electron chi connectivity index (χ0n) is 16.0. The molecule has 0 aliphatic carbocycles. The zero-order chi connectivity index (χ0) is 19.1. The van der Waals surface area contributed by atoms with Gasteiger partial charge in [0.2, 0.25) is 0 Å². The topological polar surface area (TPSA) is 53.2 Å². The molecule has 5 nitrogen and oxygen atoms in total. The SMILES string of the molecule is COc1ccc(F)cc1-c1ccnc2[nH]c(C3CCN(C4CNC4)CC3)cc12. The third-order valence-corrected chi connectivity index (χ3v) is 6.25. The van der Waals surface area contributed by atoms with E-state index in [2.05, 4.69) is 26.3 Å². The molecule has 2 aliphatic heterocycles. The molecule has 0 unspecified atom stereocenters. The summed E-state index contributed by atoms with van der Waals surface area (Å²) in [6.45, 7) is 4.54. The zero-order valence-corrected chi connectivity index (χ0v) is 16.0. The summed E-state index contributed by atoms with van der Waals surface area (Å²) in [5.74, 6) is 0.911. The van der Waals surface area contributed by atoms with Gasteiger partial charge in [-0.2, -0.15) is 0 Å². The Bertz CT molecular complexity index is 989. The lowest BCUT2D eigenvalue weighted by molar-refractivity contribution is 0.113. The second kappa shape index (κ2) is 7.18. The van der Waals surface area contributed by atoms with Gasteiger partial charge in [-0.1, -0.05) is 0 Å². The number of hydrogen-bond acceptors (Lipinski definition) is 4. The summed E-state index contributed by atoms with van der Waals surface area (Å²) in [6.07, 6.45) is 4.08. The maximum atomic E-state index is 13.9. The lowest BCUT2D eigenvalue weighted by atomic mass is 9.91. The van der Waals surface area contributed by atoms with E-state index >= 15 is 0 Å². The maximum absolute atomic E-state index is 13.9. The van der Waals surface area contributed by atoms with E-state index in [4.69, 9.17) is 4.74 Å². The smallest absolute Gasteiger partial charge is 0.138 e. The summed E-state index contributed by atoms with van der Waals surface area (Å²) in [4.78, 5) is 10.6. The van der Waals surface area contributed by atoms with Gasteiger partial charge in [0.15, 0.2) is 0 Å². The van der Waals surface area contributed by atoms with Crippen molar-refractivity contribution in [1.29, 1.82) is 0 Å². The van der Waals surface area contributed by atoms with E-state index in [0.717, 1.165) is 67.2 Å². The van der Waals surface area contributed by atoms with Crippen molar-refractivity contribution >= 4 is 11.0 Å². The Hall–Kier alpha value is -2.44. The maximum Gasteiger partial charge on any atom is 0.138 e. The van der Waals surface area contributed by atoms with Crippen molar-refractivity contribution in [3.05, 3.63) is 48.0 Å². The largest absolute Gasteiger partial charge is 0.496 e. The van der Waals surface area contributed by atoms with E-state index in [0.29, 0.717) is 11.7 Å². The highest BCUT2D eigenvalue weighted by atomic mass is 19.1. The number of nitrogens with one attached hydrogen (secondary N) is 2. The minimum Gasteiger partial charge on any atom is -0.496 e. The third-order valence-electron chi connectivity index (χ3n) is 6.25. The molecule has 2 N–H and O–H groups in total. The van der Waals surface area contributed by atoms with Gasteiger partial charge >= 0.3 is 0 Å². The van der Waals surface area contributed by atoms with Gasteiger partial charge in [-0.25, -0.2) is 9.37 Å². The number of fused-ring (bicyclic) bond motifs is 1. The molecule has 5 rings (SSSR count). The number of aromatic nitrogens is 2. The van der Waals surface area contributed by atoms with Crippen LogP contribution in [0.15, 0.2) is 36.5 Å². The number of ether oxygens (including phenoxy) is 1. The average molecular weight is 380 g/mol. The van der Waals surface area contributed by atoms with Crippen molar-refractivity contribution < 1.29 is 9.13 Å². The first kappa shape index (κ1) is 17.6. The molecule has 6 heteroatoms. The first-order chi connectivity index (χ1) is 13.7. The van der Waals surface area contributed by atoms with E-state index in [1.165, 1.54) is 17.8 Å². The lowest BCUT2D eigenvalue weighted by Crippen LogP contribution is -2.58. The van der Waals surface area contributed by atoms with Gasteiger partial charge in [-0.3, -0.25) is 4.90 Å². The predicted octanol–water partition coefficient (Wildman–Crippen LogP) is 3.53. The van der Waals surface area contributed by atoms with Gasteiger partial charge in [-0.15, -0.1) is 0 Å². The fourth-order valence-electron chi connectivity index (χ4n) is 4.50.